The predicted molar refractivity (Wildman–Crippen MR) is 73.3 cm³/mol. The normalized spacial score (nSPS) is 12.9. The van der Waals surface area contributed by atoms with Gasteiger partial charge in [0.15, 0.2) is 0 Å². The van der Waals surface area contributed by atoms with Crippen LogP contribution in [0.25, 0.3) is 0 Å². The first-order valence-corrected chi connectivity index (χ1v) is 6.72. The summed E-state index contributed by atoms with van der Waals surface area (Å²) in [6.45, 7) is 6.13. The highest BCUT2D eigenvalue weighted by molar-refractivity contribution is 7.11. The number of nitrogens with zero attached hydrogens (tertiary/aromatic N) is 3. The molecule has 2 rings (SSSR count). The van der Waals surface area contributed by atoms with Crippen LogP contribution in [0.5, 0.6) is 0 Å². The molecule has 6 heteroatoms. The molecule has 98 valence electrons. The summed E-state index contributed by atoms with van der Waals surface area (Å²) < 4.78 is 1.81. The van der Waals surface area contributed by atoms with Crippen molar-refractivity contribution in [1.29, 1.82) is 0 Å². The second kappa shape index (κ2) is 5.17. The highest BCUT2D eigenvalue weighted by Gasteiger charge is 2.17. The molecule has 2 heterocycles. The molecule has 0 saturated carbocycles. The van der Waals surface area contributed by atoms with Gasteiger partial charge in [0.2, 0.25) is 0 Å². The predicted octanol–water partition coefficient (Wildman–Crippen LogP) is 1.55. The first kappa shape index (κ1) is 13.2. The molecule has 2 aromatic heterocycles. The molecular weight excluding hydrogens is 246 g/mol. The van der Waals surface area contributed by atoms with E-state index in [0.29, 0.717) is 0 Å². The van der Waals surface area contributed by atoms with E-state index in [1.165, 1.54) is 4.88 Å². The molecule has 0 saturated heterocycles. The molecule has 0 aliphatic heterocycles. The van der Waals surface area contributed by atoms with Gasteiger partial charge in [0.05, 0.1) is 22.4 Å². The van der Waals surface area contributed by atoms with Gasteiger partial charge in [-0.2, -0.15) is 5.10 Å². The number of thiazole rings is 1. The van der Waals surface area contributed by atoms with Crippen LogP contribution in [0.15, 0.2) is 6.20 Å². The van der Waals surface area contributed by atoms with Crippen LogP contribution in [-0.2, 0) is 13.5 Å². The Bertz CT molecular complexity index is 523. The molecule has 0 aromatic carbocycles. The highest BCUT2D eigenvalue weighted by atomic mass is 32.1. The lowest BCUT2D eigenvalue weighted by Crippen LogP contribution is -2.29. The van der Waals surface area contributed by atoms with Gasteiger partial charge in [-0.05, 0) is 20.8 Å². The van der Waals surface area contributed by atoms with E-state index in [1.54, 1.807) is 11.3 Å². The Balaban J connectivity index is 2.22. The van der Waals surface area contributed by atoms with E-state index >= 15 is 0 Å². The maximum absolute atomic E-state index is 5.67. The topological polar surface area (TPSA) is 68.8 Å². The number of hydrazine groups is 1. The Morgan fingerprint density at radius 3 is 2.56 bits per heavy atom. The molecule has 1 unspecified atom stereocenters. The molecule has 0 radical (unpaired) electrons. The fourth-order valence-electron chi connectivity index (χ4n) is 2.02. The molecule has 3 N–H and O–H groups in total. The van der Waals surface area contributed by atoms with E-state index in [2.05, 4.69) is 22.4 Å². The molecule has 0 aliphatic carbocycles. The largest absolute Gasteiger partial charge is 0.275 e. The molecule has 0 fully saturated rings. The van der Waals surface area contributed by atoms with Gasteiger partial charge >= 0.3 is 0 Å². The van der Waals surface area contributed by atoms with Crippen LogP contribution in [0, 0.1) is 20.8 Å². The summed E-state index contributed by atoms with van der Waals surface area (Å²) >= 11 is 1.73. The van der Waals surface area contributed by atoms with E-state index in [4.69, 9.17) is 5.84 Å². The molecular formula is C12H19N5S. The molecule has 5 nitrogen and oxygen atoms in total. The van der Waals surface area contributed by atoms with Crippen molar-refractivity contribution in [2.75, 3.05) is 0 Å². The van der Waals surface area contributed by atoms with Crippen LogP contribution < -0.4 is 11.3 Å². The van der Waals surface area contributed by atoms with Gasteiger partial charge < -0.3 is 0 Å². The summed E-state index contributed by atoms with van der Waals surface area (Å²) in [6.07, 6.45) is 2.80. The third-order valence-corrected chi connectivity index (χ3v) is 4.17. The fraction of sp³-hybridized carbons (Fsp3) is 0.500. The number of rotatable bonds is 4. The Kier molecular flexibility index (Phi) is 3.79. The lowest BCUT2D eigenvalue weighted by atomic mass is 10.1. The van der Waals surface area contributed by atoms with Crippen molar-refractivity contribution in [2.24, 2.45) is 12.9 Å². The van der Waals surface area contributed by atoms with Crippen molar-refractivity contribution >= 4 is 11.3 Å². The van der Waals surface area contributed by atoms with Crippen LogP contribution in [0.3, 0.4) is 0 Å². The van der Waals surface area contributed by atoms with Crippen molar-refractivity contribution in [2.45, 2.75) is 33.2 Å². The molecule has 0 amide bonds. The van der Waals surface area contributed by atoms with Crippen LogP contribution in [0.1, 0.15) is 32.9 Å². The standard InChI is InChI=1S/C12H19N5S/c1-7-9(3)18-12(14-7)5-11(15-13)10-6-17(4)16-8(10)2/h6,11,15H,5,13H2,1-4H3. The van der Waals surface area contributed by atoms with E-state index < -0.39 is 0 Å². The van der Waals surface area contributed by atoms with Crippen LogP contribution in [-0.4, -0.2) is 14.8 Å². The maximum Gasteiger partial charge on any atom is 0.0950 e. The number of nitrogens with one attached hydrogen (secondary N) is 1. The van der Waals surface area contributed by atoms with Crippen LogP contribution in [0.4, 0.5) is 0 Å². The average molecular weight is 265 g/mol. The van der Waals surface area contributed by atoms with Gasteiger partial charge in [-0.3, -0.25) is 16.0 Å². The van der Waals surface area contributed by atoms with Gasteiger partial charge in [-0.25, -0.2) is 4.98 Å². The second-order valence-corrected chi connectivity index (χ2v) is 5.80. The minimum absolute atomic E-state index is 0.0589. The number of aromatic nitrogens is 3. The van der Waals surface area contributed by atoms with Crippen LogP contribution in [0.2, 0.25) is 0 Å². The average Bonchev–Trinajstić information content (AvgIpc) is 2.79. The summed E-state index contributed by atoms with van der Waals surface area (Å²) in [4.78, 5) is 5.82. The lowest BCUT2D eigenvalue weighted by molar-refractivity contribution is 0.547. The van der Waals surface area contributed by atoms with E-state index in [0.717, 1.165) is 28.4 Å². The second-order valence-electron chi connectivity index (χ2n) is 4.52. The van der Waals surface area contributed by atoms with E-state index in [-0.39, 0.29) is 6.04 Å². The van der Waals surface area contributed by atoms with Crippen molar-refractivity contribution in [3.63, 3.8) is 0 Å². The first-order valence-electron chi connectivity index (χ1n) is 5.90. The zero-order chi connectivity index (χ0) is 13.3. The molecule has 18 heavy (non-hydrogen) atoms. The Morgan fingerprint density at radius 1 is 1.39 bits per heavy atom. The Hall–Kier alpha value is -1.24. The van der Waals surface area contributed by atoms with Crippen LogP contribution >= 0.6 is 11.3 Å². The van der Waals surface area contributed by atoms with Crippen molar-refractivity contribution in [1.82, 2.24) is 20.2 Å². The summed E-state index contributed by atoms with van der Waals surface area (Å²) in [5.41, 5.74) is 6.10. The Morgan fingerprint density at radius 2 is 2.11 bits per heavy atom. The number of aryl methyl sites for hydroxylation is 4. The minimum atomic E-state index is 0.0589. The highest BCUT2D eigenvalue weighted by Crippen LogP contribution is 2.24. The van der Waals surface area contributed by atoms with Crippen molar-refractivity contribution in [3.05, 3.63) is 33.0 Å². The summed E-state index contributed by atoms with van der Waals surface area (Å²) in [6, 6.07) is 0.0589. The summed E-state index contributed by atoms with van der Waals surface area (Å²) in [5, 5.41) is 5.46. The van der Waals surface area contributed by atoms with E-state index in [9.17, 15) is 0 Å². The lowest BCUT2D eigenvalue weighted by Gasteiger charge is -2.13. The van der Waals surface area contributed by atoms with Crippen molar-refractivity contribution < 1.29 is 0 Å². The number of hydrogen-bond acceptors (Lipinski definition) is 5. The quantitative estimate of drug-likeness (QED) is 0.650. The zero-order valence-corrected chi connectivity index (χ0v) is 12.0. The molecule has 0 aliphatic rings. The van der Waals surface area contributed by atoms with Gasteiger partial charge in [0, 0.05) is 30.1 Å². The molecule has 1 atom stereocenters. The summed E-state index contributed by atoms with van der Waals surface area (Å²) in [5.74, 6) is 5.67. The third-order valence-electron chi connectivity index (χ3n) is 3.08. The zero-order valence-electron chi connectivity index (χ0n) is 11.2. The van der Waals surface area contributed by atoms with Gasteiger partial charge in [0.25, 0.3) is 0 Å². The molecule has 2 aromatic rings. The summed E-state index contributed by atoms with van der Waals surface area (Å²) in [7, 11) is 1.92. The smallest absolute Gasteiger partial charge is 0.0950 e. The van der Waals surface area contributed by atoms with Gasteiger partial charge in [0.1, 0.15) is 0 Å². The maximum atomic E-state index is 5.67. The third kappa shape index (κ3) is 2.60. The minimum Gasteiger partial charge on any atom is -0.275 e. The monoisotopic (exact) mass is 265 g/mol. The number of nitrogens with two attached hydrogens (primary N) is 1. The van der Waals surface area contributed by atoms with Crippen molar-refractivity contribution in [3.8, 4) is 0 Å². The fourth-order valence-corrected chi connectivity index (χ4v) is 3.00. The van der Waals surface area contributed by atoms with Gasteiger partial charge in [-0.15, -0.1) is 11.3 Å². The molecule has 0 bridgehead atoms. The molecule has 0 spiro atoms. The van der Waals surface area contributed by atoms with Gasteiger partial charge in [-0.1, -0.05) is 0 Å². The first-order chi connectivity index (χ1) is 8.51. The number of hydrogen-bond donors (Lipinski definition) is 2. The van der Waals surface area contributed by atoms with E-state index in [1.807, 2.05) is 31.8 Å². The Labute approximate surface area is 111 Å². The SMILES string of the molecule is Cc1nn(C)cc1C(Cc1nc(C)c(C)s1)NN.